The molecule has 1 fully saturated rings. The fourth-order valence-corrected chi connectivity index (χ4v) is 4.16. The number of β-amino-alcohol motifs (C(OH)–C–C–N with tert-alkyl or cyclic N) is 1. The molecule has 5 nitrogen and oxygen atoms in total. The highest BCUT2D eigenvalue weighted by molar-refractivity contribution is 7.10. The minimum absolute atomic E-state index is 0.0162. The summed E-state index contributed by atoms with van der Waals surface area (Å²) in [5, 5.41) is 12.0. The van der Waals surface area contributed by atoms with Gasteiger partial charge in [0, 0.05) is 43.9 Å². The number of rotatable bonds is 3. The molecular formula is C17H24N2O3S. The first-order valence-electron chi connectivity index (χ1n) is 8.33. The zero-order valence-corrected chi connectivity index (χ0v) is 14.3. The van der Waals surface area contributed by atoms with Gasteiger partial charge >= 0.3 is 0 Å². The second-order valence-electron chi connectivity index (χ2n) is 6.61. The third-order valence-electron chi connectivity index (χ3n) is 4.98. The molecule has 2 aliphatic heterocycles. The summed E-state index contributed by atoms with van der Waals surface area (Å²) < 4.78 is 0. The highest BCUT2D eigenvalue weighted by Gasteiger charge is 2.28. The lowest BCUT2D eigenvalue weighted by atomic mass is 9.96. The quantitative estimate of drug-likeness (QED) is 0.913. The van der Waals surface area contributed by atoms with Gasteiger partial charge < -0.3 is 14.9 Å². The number of hydrogen-bond acceptors (Lipinski definition) is 4. The number of aliphatic hydroxyl groups excluding tert-OH is 1. The molecule has 2 aliphatic rings. The van der Waals surface area contributed by atoms with E-state index in [0.717, 1.165) is 19.4 Å². The summed E-state index contributed by atoms with van der Waals surface area (Å²) in [6.45, 7) is 4.51. The summed E-state index contributed by atoms with van der Waals surface area (Å²) in [6.07, 6.45) is 1.81. The smallest absolute Gasteiger partial charge is 0.223 e. The van der Waals surface area contributed by atoms with E-state index in [1.807, 2.05) is 11.8 Å². The lowest BCUT2D eigenvalue weighted by Gasteiger charge is -2.34. The van der Waals surface area contributed by atoms with E-state index in [0.29, 0.717) is 19.6 Å². The molecule has 23 heavy (non-hydrogen) atoms. The van der Waals surface area contributed by atoms with Gasteiger partial charge in [-0.15, -0.1) is 11.3 Å². The number of amides is 2. The summed E-state index contributed by atoms with van der Waals surface area (Å²) in [7, 11) is 0. The predicted molar refractivity (Wildman–Crippen MR) is 89.0 cm³/mol. The van der Waals surface area contributed by atoms with Gasteiger partial charge in [-0.05, 0) is 35.8 Å². The molecule has 1 aromatic rings. The summed E-state index contributed by atoms with van der Waals surface area (Å²) in [4.78, 5) is 29.5. The normalized spacial score (nSPS) is 24.4. The van der Waals surface area contributed by atoms with Gasteiger partial charge in [0.25, 0.3) is 0 Å². The maximum Gasteiger partial charge on any atom is 0.223 e. The van der Waals surface area contributed by atoms with E-state index in [2.05, 4.69) is 11.4 Å². The fraction of sp³-hybridized carbons (Fsp3) is 0.647. The number of carbonyl (C=O) groups excluding carboxylic acids is 2. The molecule has 6 heteroatoms. The van der Waals surface area contributed by atoms with Gasteiger partial charge in [-0.2, -0.15) is 0 Å². The summed E-state index contributed by atoms with van der Waals surface area (Å²) in [5.41, 5.74) is 1.24. The Labute approximate surface area is 140 Å². The van der Waals surface area contributed by atoms with Crippen LogP contribution in [0.2, 0.25) is 0 Å². The molecule has 2 unspecified atom stereocenters. The molecule has 0 bridgehead atoms. The molecule has 1 saturated heterocycles. The molecule has 0 aromatic carbocycles. The minimum atomic E-state index is -0.442. The van der Waals surface area contributed by atoms with Gasteiger partial charge in [0.15, 0.2) is 0 Å². The van der Waals surface area contributed by atoms with Crippen LogP contribution in [-0.2, 0) is 22.6 Å². The van der Waals surface area contributed by atoms with Gasteiger partial charge in [-0.3, -0.25) is 9.59 Å². The maximum absolute atomic E-state index is 12.3. The van der Waals surface area contributed by atoms with Crippen molar-refractivity contribution in [3.8, 4) is 0 Å². The van der Waals surface area contributed by atoms with Crippen LogP contribution in [0.1, 0.15) is 36.6 Å². The molecule has 1 N–H and O–H groups in total. The second-order valence-corrected chi connectivity index (χ2v) is 7.61. The molecule has 0 radical (unpaired) electrons. The average Bonchev–Trinajstić information content (AvgIpc) is 3.02. The zero-order valence-electron chi connectivity index (χ0n) is 13.5. The fourth-order valence-electron chi connectivity index (χ4n) is 3.27. The van der Waals surface area contributed by atoms with Gasteiger partial charge in [-0.25, -0.2) is 0 Å². The third-order valence-corrected chi connectivity index (χ3v) is 6.01. The van der Waals surface area contributed by atoms with Crippen molar-refractivity contribution in [2.45, 2.75) is 45.3 Å². The molecule has 0 aliphatic carbocycles. The van der Waals surface area contributed by atoms with Gasteiger partial charge in [0.05, 0.1) is 6.10 Å². The standard InChI is InChI=1S/C17H24N2O3S/c1-12-4-7-19(11-14(12)20)17(22)3-2-16(21)18-8-5-15-13(10-18)6-9-23-15/h6,9,12,14,20H,2-5,7-8,10-11H2,1H3. The van der Waals surface area contributed by atoms with Crippen molar-refractivity contribution >= 4 is 23.2 Å². The van der Waals surface area contributed by atoms with Crippen LogP contribution in [0.4, 0.5) is 0 Å². The number of thiophene rings is 1. The Morgan fingerprint density at radius 2 is 2.00 bits per heavy atom. The van der Waals surface area contributed by atoms with Crippen LogP contribution < -0.4 is 0 Å². The van der Waals surface area contributed by atoms with Crippen molar-refractivity contribution < 1.29 is 14.7 Å². The molecular weight excluding hydrogens is 312 g/mol. The molecule has 3 rings (SSSR count). The van der Waals surface area contributed by atoms with Crippen LogP contribution in [0.3, 0.4) is 0 Å². The molecule has 3 heterocycles. The van der Waals surface area contributed by atoms with Crippen LogP contribution in [0.15, 0.2) is 11.4 Å². The van der Waals surface area contributed by atoms with Crippen LogP contribution in [0, 0.1) is 5.92 Å². The summed E-state index contributed by atoms with van der Waals surface area (Å²) >= 11 is 1.75. The van der Waals surface area contributed by atoms with Crippen molar-refractivity contribution in [1.29, 1.82) is 0 Å². The van der Waals surface area contributed by atoms with Crippen molar-refractivity contribution in [3.05, 3.63) is 21.9 Å². The monoisotopic (exact) mass is 336 g/mol. The average molecular weight is 336 g/mol. The highest BCUT2D eigenvalue weighted by atomic mass is 32.1. The lowest BCUT2D eigenvalue weighted by molar-refractivity contribution is -0.139. The Kier molecular flexibility index (Phi) is 5.02. The van der Waals surface area contributed by atoms with Gasteiger partial charge in [0.1, 0.15) is 0 Å². The third kappa shape index (κ3) is 3.75. The Hall–Kier alpha value is -1.40. The SMILES string of the molecule is CC1CCN(C(=O)CCC(=O)N2CCc3sccc3C2)CC1O. The van der Waals surface area contributed by atoms with Gasteiger partial charge in [-0.1, -0.05) is 6.92 Å². The van der Waals surface area contributed by atoms with Crippen LogP contribution >= 0.6 is 11.3 Å². The number of nitrogens with zero attached hydrogens (tertiary/aromatic N) is 2. The van der Waals surface area contributed by atoms with Gasteiger partial charge in [0.2, 0.25) is 11.8 Å². The van der Waals surface area contributed by atoms with E-state index in [-0.39, 0.29) is 30.6 Å². The molecule has 0 saturated carbocycles. The maximum atomic E-state index is 12.3. The predicted octanol–water partition coefficient (Wildman–Crippen LogP) is 1.64. The van der Waals surface area contributed by atoms with Crippen LogP contribution in [0.25, 0.3) is 0 Å². The first kappa shape index (κ1) is 16.5. The molecule has 126 valence electrons. The zero-order chi connectivity index (χ0) is 16.4. The van der Waals surface area contributed by atoms with E-state index >= 15 is 0 Å². The van der Waals surface area contributed by atoms with Crippen LogP contribution in [0.5, 0.6) is 0 Å². The Morgan fingerprint density at radius 1 is 1.26 bits per heavy atom. The Balaban J connectivity index is 1.47. The minimum Gasteiger partial charge on any atom is -0.391 e. The first-order chi connectivity index (χ1) is 11.0. The number of piperidine rings is 1. The van der Waals surface area contributed by atoms with E-state index < -0.39 is 6.10 Å². The number of fused-ring (bicyclic) bond motifs is 1. The largest absolute Gasteiger partial charge is 0.391 e. The topological polar surface area (TPSA) is 60.9 Å². The Morgan fingerprint density at radius 3 is 2.74 bits per heavy atom. The Bertz CT molecular complexity index is 586. The number of hydrogen-bond donors (Lipinski definition) is 1. The second kappa shape index (κ2) is 7.01. The van der Waals surface area contributed by atoms with Crippen LogP contribution in [-0.4, -0.2) is 52.5 Å². The van der Waals surface area contributed by atoms with E-state index in [9.17, 15) is 14.7 Å². The summed E-state index contributed by atoms with van der Waals surface area (Å²) in [6, 6.07) is 2.08. The first-order valence-corrected chi connectivity index (χ1v) is 9.21. The molecule has 2 atom stereocenters. The molecule has 2 amide bonds. The molecule has 0 spiro atoms. The highest BCUT2D eigenvalue weighted by Crippen LogP contribution is 2.24. The van der Waals surface area contributed by atoms with Crippen molar-refractivity contribution in [3.63, 3.8) is 0 Å². The lowest BCUT2D eigenvalue weighted by Crippen LogP contribution is -2.46. The van der Waals surface area contributed by atoms with E-state index in [4.69, 9.17) is 0 Å². The number of aliphatic hydroxyl groups is 1. The summed E-state index contributed by atoms with van der Waals surface area (Å²) in [5.74, 6) is 0.285. The van der Waals surface area contributed by atoms with Crippen molar-refractivity contribution in [1.82, 2.24) is 9.80 Å². The van der Waals surface area contributed by atoms with E-state index in [1.54, 1.807) is 16.2 Å². The van der Waals surface area contributed by atoms with E-state index in [1.165, 1.54) is 10.4 Å². The van der Waals surface area contributed by atoms with Crippen molar-refractivity contribution in [2.24, 2.45) is 5.92 Å². The molecule has 1 aromatic heterocycles. The van der Waals surface area contributed by atoms with Crippen molar-refractivity contribution in [2.75, 3.05) is 19.6 Å². The number of carbonyl (C=O) groups is 2. The number of likely N-dealkylation sites (tertiary alicyclic amines) is 1.